The molecule has 0 aliphatic rings. The molecule has 0 aliphatic carbocycles. The summed E-state index contributed by atoms with van der Waals surface area (Å²) in [6.07, 6.45) is 0. The molecule has 106 valence electrons. The van der Waals surface area contributed by atoms with Gasteiger partial charge >= 0.3 is 0 Å². The summed E-state index contributed by atoms with van der Waals surface area (Å²) in [5.74, 6) is 1.73. The standard InChI is InChI=1S/C15H25N3O/c1-5-16-15(18-12(2)3)17-10-11-19-14-8-6-13(4)7-9-14/h6-9,12H,5,10-11H2,1-4H3,(H2,16,17,18). The van der Waals surface area contributed by atoms with Crippen molar-refractivity contribution in [3.63, 3.8) is 0 Å². The van der Waals surface area contributed by atoms with Crippen LogP contribution in [0.4, 0.5) is 0 Å². The lowest BCUT2D eigenvalue weighted by Gasteiger charge is -2.14. The highest BCUT2D eigenvalue weighted by Gasteiger charge is 1.99. The van der Waals surface area contributed by atoms with Crippen molar-refractivity contribution in [1.82, 2.24) is 10.6 Å². The van der Waals surface area contributed by atoms with Crippen molar-refractivity contribution in [1.29, 1.82) is 0 Å². The minimum Gasteiger partial charge on any atom is -0.492 e. The highest BCUT2D eigenvalue weighted by atomic mass is 16.5. The smallest absolute Gasteiger partial charge is 0.191 e. The summed E-state index contributed by atoms with van der Waals surface area (Å²) in [5.41, 5.74) is 1.24. The molecular formula is C15H25N3O. The fourth-order valence-corrected chi connectivity index (χ4v) is 1.55. The molecule has 4 heteroatoms. The summed E-state index contributed by atoms with van der Waals surface area (Å²) in [5, 5.41) is 6.47. The predicted molar refractivity (Wildman–Crippen MR) is 80.9 cm³/mol. The van der Waals surface area contributed by atoms with E-state index in [9.17, 15) is 0 Å². The summed E-state index contributed by atoms with van der Waals surface area (Å²) in [4.78, 5) is 4.46. The number of rotatable bonds is 6. The van der Waals surface area contributed by atoms with Gasteiger partial charge in [-0.05, 0) is 39.8 Å². The average Bonchev–Trinajstić information content (AvgIpc) is 2.36. The number of guanidine groups is 1. The molecule has 0 radical (unpaired) electrons. The molecule has 1 aromatic rings. The Balaban J connectivity index is 2.35. The van der Waals surface area contributed by atoms with Crippen molar-refractivity contribution in [3.8, 4) is 5.75 Å². The fourth-order valence-electron chi connectivity index (χ4n) is 1.55. The summed E-state index contributed by atoms with van der Waals surface area (Å²) in [6.45, 7) is 10.4. The molecule has 1 aromatic carbocycles. The highest BCUT2D eigenvalue weighted by molar-refractivity contribution is 5.79. The van der Waals surface area contributed by atoms with E-state index in [0.29, 0.717) is 19.2 Å². The normalized spacial score (nSPS) is 11.5. The molecule has 0 bridgehead atoms. The van der Waals surface area contributed by atoms with Crippen LogP contribution in [0.25, 0.3) is 0 Å². The average molecular weight is 263 g/mol. The summed E-state index contributed by atoms with van der Waals surface area (Å²) in [6, 6.07) is 8.43. The second kappa shape index (κ2) is 8.40. The van der Waals surface area contributed by atoms with Gasteiger partial charge in [0.05, 0.1) is 6.54 Å². The van der Waals surface area contributed by atoms with E-state index in [0.717, 1.165) is 18.3 Å². The second-order valence-corrected chi connectivity index (χ2v) is 4.72. The Bertz CT molecular complexity index is 385. The van der Waals surface area contributed by atoms with Crippen molar-refractivity contribution in [2.24, 2.45) is 4.99 Å². The molecule has 0 amide bonds. The fraction of sp³-hybridized carbons (Fsp3) is 0.533. The number of aliphatic imine (C=N–C) groups is 1. The Morgan fingerprint density at radius 3 is 2.53 bits per heavy atom. The molecule has 19 heavy (non-hydrogen) atoms. The Morgan fingerprint density at radius 2 is 1.95 bits per heavy atom. The zero-order valence-corrected chi connectivity index (χ0v) is 12.4. The van der Waals surface area contributed by atoms with Crippen LogP contribution in [0.5, 0.6) is 5.75 Å². The zero-order valence-electron chi connectivity index (χ0n) is 12.4. The Kier molecular flexibility index (Phi) is 6.79. The summed E-state index contributed by atoms with van der Waals surface area (Å²) in [7, 11) is 0. The maximum Gasteiger partial charge on any atom is 0.191 e. The van der Waals surface area contributed by atoms with Gasteiger partial charge in [-0.25, -0.2) is 4.99 Å². The SMILES string of the molecule is CCNC(=NCCOc1ccc(C)cc1)NC(C)C. The largest absolute Gasteiger partial charge is 0.492 e. The first-order valence-electron chi connectivity index (χ1n) is 6.86. The lowest BCUT2D eigenvalue weighted by molar-refractivity contribution is 0.328. The van der Waals surface area contributed by atoms with Crippen LogP contribution in [0, 0.1) is 6.92 Å². The van der Waals surface area contributed by atoms with E-state index >= 15 is 0 Å². The first-order chi connectivity index (χ1) is 9.11. The van der Waals surface area contributed by atoms with Gasteiger partial charge in [0.2, 0.25) is 0 Å². The molecule has 0 saturated heterocycles. The Morgan fingerprint density at radius 1 is 1.26 bits per heavy atom. The summed E-state index contributed by atoms with van der Waals surface area (Å²) < 4.78 is 5.63. The van der Waals surface area contributed by atoms with E-state index in [1.54, 1.807) is 0 Å². The van der Waals surface area contributed by atoms with Crippen LogP contribution in [0.3, 0.4) is 0 Å². The summed E-state index contributed by atoms with van der Waals surface area (Å²) >= 11 is 0. The lowest BCUT2D eigenvalue weighted by atomic mass is 10.2. The molecule has 4 nitrogen and oxygen atoms in total. The van der Waals surface area contributed by atoms with Gasteiger partial charge in [0.25, 0.3) is 0 Å². The number of ether oxygens (including phenoxy) is 1. The van der Waals surface area contributed by atoms with Gasteiger partial charge in [-0.3, -0.25) is 0 Å². The second-order valence-electron chi connectivity index (χ2n) is 4.72. The minimum atomic E-state index is 0.371. The third-order valence-corrected chi connectivity index (χ3v) is 2.42. The third-order valence-electron chi connectivity index (χ3n) is 2.42. The minimum absolute atomic E-state index is 0.371. The van der Waals surface area contributed by atoms with Crippen molar-refractivity contribution in [2.45, 2.75) is 33.7 Å². The quantitative estimate of drug-likeness (QED) is 0.470. The van der Waals surface area contributed by atoms with E-state index in [1.165, 1.54) is 5.56 Å². The van der Waals surface area contributed by atoms with Crippen LogP contribution >= 0.6 is 0 Å². The molecule has 0 aromatic heterocycles. The number of nitrogens with zero attached hydrogens (tertiary/aromatic N) is 1. The van der Waals surface area contributed by atoms with Crippen LogP contribution in [-0.2, 0) is 0 Å². The third kappa shape index (κ3) is 6.70. The van der Waals surface area contributed by atoms with E-state index in [-0.39, 0.29) is 0 Å². The van der Waals surface area contributed by atoms with Crippen LogP contribution in [-0.4, -0.2) is 31.7 Å². The van der Waals surface area contributed by atoms with Crippen LogP contribution < -0.4 is 15.4 Å². The van der Waals surface area contributed by atoms with Crippen molar-refractivity contribution >= 4 is 5.96 Å². The first kappa shape index (κ1) is 15.3. The van der Waals surface area contributed by atoms with E-state index in [1.807, 2.05) is 24.3 Å². The zero-order chi connectivity index (χ0) is 14.1. The molecule has 0 atom stereocenters. The van der Waals surface area contributed by atoms with Gasteiger partial charge in [-0.1, -0.05) is 17.7 Å². The van der Waals surface area contributed by atoms with Crippen LogP contribution in [0.1, 0.15) is 26.3 Å². The van der Waals surface area contributed by atoms with Gasteiger partial charge in [-0.2, -0.15) is 0 Å². The van der Waals surface area contributed by atoms with Crippen molar-refractivity contribution in [3.05, 3.63) is 29.8 Å². The number of hydrogen-bond donors (Lipinski definition) is 2. The number of benzene rings is 1. The van der Waals surface area contributed by atoms with E-state index in [2.05, 4.69) is 43.3 Å². The molecule has 1 rings (SSSR count). The van der Waals surface area contributed by atoms with Gasteiger partial charge in [-0.15, -0.1) is 0 Å². The van der Waals surface area contributed by atoms with Crippen molar-refractivity contribution in [2.75, 3.05) is 19.7 Å². The Hall–Kier alpha value is -1.71. The van der Waals surface area contributed by atoms with Gasteiger partial charge in [0, 0.05) is 12.6 Å². The topological polar surface area (TPSA) is 45.7 Å². The monoisotopic (exact) mass is 263 g/mol. The molecule has 0 aliphatic heterocycles. The lowest BCUT2D eigenvalue weighted by Crippen LogP contribution is -2.41. The van der Waals surface area contributed by atoms with E-state index < -0.39 is 0 Å². The van der Waals surface area contributed by atoms with Crippen LogP contribution in [0.2, 0.25) is 0 Å². The van der Waals surface area contributed by atoms with E-state index in [4.69, 9.17) is 4.74 Å². The van der Waals surface area contributed by atoms with Crippen molar-refractivity contribution < 1.29 is 4.74 Å². The molecule has 0 fully saturated rings. The highest BCUT2D eigenvalue weighted by Crippen LogP contribution is 2.10. The maximum atomic E-state index is 5.63. The molecule has 2 N–H and O–H groups in total. The van der Waals surface area contributed by atoms with Gasteiger partial charge in [0.1, 0.15) is 12.4 Å². The maximum absolute atomic E-state index is 5.63. The number of hydrogen-bond acceptors (Lipinski definition) is 2. The molecule has 0 heterocycles. The van der Waals surface area contributed by atoms with Gasteiger partial charge in [0.15, 0.2) is 5.96 Å². The van der Waals surface area contributed by atoms with Crippen LogP contribution in [0.15, 0.2) is 29.3 Å². The molecule has 0 saturated carbocycles. The van der Waals surface area contributed by atoms with Gasteiger partial charge < -0.3 is 15.4 Å². The first-order valence-corrected chi connectivity index (χ1v) is 6.86. The molecular weight excluding hydrogens is 238 g/mol. The number of nitrogens with one attached hydrogen (secondary N) is 2. The molecule has 0 spiro atoms. The molecule has 0 unspecified atom stereocenters. The predicted octanol–water partition coefficient (Wildman–Crippen LogP) is 2.34. The number of aryl methyl sites for hydroxylation is 1. The Labute approximate surface area is 116 Å².